The topological polar surface area (TPSA) is 72.5 Å². The van der Waals surface area contributed by atoms with Gasteiger partial charge in [-0.3, -0.25) is 0 Å². The number of methoxy groups -OCH3 is 1. The van der Waals surface area contributed by atoms with Crippen LogP contribution in [-0.2, 0) is 17.6 Å². The zero-order valence-corrected chi connectivity index (χ0v) is 18.9. The normalized spacial score (nSPS) is 10.1. The van der Waals surface area contributed by atoms with Crippen LogP contribution in [0, 0.1) is 6.92 Å². The number of fused-ring (bicyclic) bond motifs is 1. The van der Waals surface area contributed by atoms with Crippen LogP contribution >= 0.6 is 0 Å². The van der Waals surface area contributed by atoms with Crippen LogP contribution in [0.1, 0.15) is 75.0 Å². The minimum absolute atomic E-state index is 0.227. The highest BCUT2D eigenvalue weighted by molar-refractivity contribution is 5.89. The number of ether oxygens (including phenoxy) is 1. The van der Waals surface area contributed by atoms with Gasteiger partial charge in [-0.15, -0.1) is 0 Å². The number of phenolic OH excluding ortho intramolecular Hbond substituents is 1. The van der Waals surface area contributed by atoms with Gasteiger partial charge in [-0.2, -0.15) is 0 Å². The second-order valence-electron chi connectivity index (χ2n) is 5.39. The molecule has 0 aromatic heterocycles. The average molecular weight is 390 g/mol. The Labute approximate surface area is 171 Å². The quantitative estimate of drug-likeness (QED) is 0.340. The summed E-state index contributed by atoms with van der Waals surface area (Å²) >= 11 is 0. The number of carbonyl (C=O) groups excluding carboxylic acids is 1. The molecule has 0 atom stereocenters. The number of hydrogen-bond acceptors (Lipinski definition) is 4. The van der Waals surface area contributed by atoms with Crippen molar-refractivity contribution in [3.05, 3.63) is 58.7 Å². The summed E-state index contributed by atoms with van der Waals surface area (Å²) in [6.45, 7) is 14.0. The van der Waals surface area contributed by atoms with E-state index in [4.69, 9.17) is 5.73 Å². The number of nitrogen functional groups attached to an aromatic ring is 1. The molecule has 158 valence electrons. The van der Waals surface area contributed by atoms with Crippen LogP contribution in [0.4, 0.5) is 5.69 Å². The van der Waals surface area contributed by atoms with E-state index in [9.17, 15) is 9.90 Å². The van der Waals surface area contributed by atoms with E-state index < -0.39 is 0 Å². The summed E-state index contributed by atoms with van der Waals surface area (Å²) in [5.41, 5.74) is 10.3. The number of esters is 1. The molecule has 0 bridgehead atoms. The third-order valence-corrected chi connectivity index (χ3v) is 3.71. The van der Waals surface area contributed by atoms with Crippen molar-refractivity contribution >= 4 is 11.7 Å². The molecule has 0 heterocycles. The van der Waals surface area contributed by atoms with Crippen molar-refractivity contribution in [2.45, 2.75) is 67.7 Å². The van der Waals surface area contributed by atoms with Gasteiger partial charge in [-0.1, -0.05) is 59.2 Å². The third kappa shape index (κ3) is 9.45. The number of carbonyl (C=O) groups is 1. The van der Waals surface area contributed by atoms with Crippen LogP contribution in [0.25, 0.3) is 0 Å². The monoisotopic (exact) mass is 389 g/mol. The Hall–Kier alpha value is -2.49. The van der Waals surface area contributed by atoms with Crippen LogP contribution in [0.2, 0.25) is 0 Å². The summed E-state index contributed by atoms with van der Waals surface area (Å²) in [6, 6.07) is 10.9. The van der Waals surface area contributed by atoms with Crippen molar-refractivity contribution in [1.82, 2.24) is 0 Å². The fourth-order valence-corrected chi connectivity index (χ4v) is 2.44. The fraction of sp³-hybridized carbons (Fsp3) is 0.458. The van der Waals surface area contributed by atoms with Crippen LogP contribution in [0.15, 0.2) is 36.4 Å². The molecule has 0 unspecified atom stereocenters. The van der Waals surface area contributed by atoms with Gasteiger partial charge in [0.25, 0.3) is 0 Å². The number of anilines is 1. The van der Waals surface area contributed by atoms with Gasteiger partial charge in [0.2, 0.25) is 0 Å². The van der Waals surface area contributed by atoms with Gasteiger partial charge in [0.1, 0.15) is 5.75 Å². The molecule has 0 spiro atoms. The van der Waals surface area contributed by atoms with Crippen LogP contribution in [0.5, 0.6) is 5.75 Å². The molecule has 2 aromatic carbocycles. The summed E-state index contributed by atoms with van der Waals surface area (Å²) in [5, 5.41) is 9.26. The first-order valence-corrected chi connectivity index (χ1v) is 10.3. The number of aromatic hydroxyl groups is 1. The number of aryl methyl sites for hydroxylation is 3. The number of benzene rings is 2. The molecule has 4 nitrogen and oxygen atoms in total. The molecular formula is C24H39NO3. The predicted molar refractivity (Wildman–Crippen MR) is 121 cm³/mol. The molecule has 0 fully saturated rings. The fourth-order valence-electron chi connectivity index (χ4n) is 2.44. The average Bonchev–Trinajstić information content (AvgIpc) is 3.20. The molecule has 1 aliphatic rings. The maximum Gasteiger partial charge on any atom is 0.337 e. The zero-order chi connectivity index (χ0) is 22.1. The summed E-state index contributed by atoms with van der Waals surface area (Å²) in [5.74, 6) is -0.0596. The smallest absolute Gasteiger partial charge is 0.337 e. The van der Waals surface area contributed by atoms with E-state index in [1.165, 1.54) is 24.7 Å². The van der Waals surface area contributed by atoms with E-state index in [2.05, 4.69) is 4.74 Å². The molecule has 3 rings (SSSR count). The van der Waals surface area contributed by atoms with Gasteiger partial charge in [0, 0.05) is 0 Å². The van der Waals surface area contributed by atoms with Crippen LogP contribution in [0.3, 0.4) is 0 Å². The van der Waals surface area contributed by atoms with E-state index in [1.54, 1.807) is 18.2 Å². The zero-order valence-electron chi connectivity index (χ0n) is 18.9. The van der Waals surface area contributed by atoms with Gasteiger partial charge in [-0.25, -0.2) is 4.79 Å². The van der Waals surface area contributed by atoms with E-state index in [0.29, 0.717) is 11.3 Å². The van der Waals surface area contributed by atoms with Gasteiger partial charge in [-0.05, 0) is 61.6 Å². The lowest BCUT2D eigenvalue weighted by molar-refractivity contribution is 0.0600. The van der Waals surface area contributed by atoms with Gasteiger partial charge in [0.05, 0.1) is 18.4 Å². The lowest BCUT2D eigenvalue weighted by atomic mass is 10.1. The molecule has 0 radical (unpaired) electrons. The SMILES string of the molecule is CC.CC.CC.COC(=O)c1ccc(C)cc1.Nc1cc2c(cc1O)CCC2. The molecule has 0 saturated heterocycles. The van der Waals surface area contributed by atoms with Gasteiger partial charge in [0.15, 0.2) is 0 Å². The highest BCUT2D eigenvalue weighted by Crippen LogP contribution is 2.30. The first-order chi connectivity index (χ1) is 13.5. The standard InChI is InChI=1S/C9H11NO.C9H10O2.3C2H6/c10-8-4-6-2-1-3-7(6)5-9(8)11;1-7-3-5-8(6-4-7)9(10)11-2;3*1-2/h4-5,11H,1-3,10H2;3-6H,1-2H3;3*1-2H3. The van der Waals surface area contributed by atoms with E-state index in [0.717, 1.165) is 18.4 Å². The summed E-state index contributed by atoms with van der Waals surface area (Å²) in [4.78, 5) is 10.9. The van der Waals surface area contributed by atoms with Crippen LogP contribution < -0.4 is 5.73 Å². The molecule has 0 aliphatic heterocycles. The van der Waals surface area contributed by atoms with Crippen molar-refractivity contribution < 1.29 is 14.6 Å². The number of rotatable bonds is 1. The Balaban J connectivity index is 0. The van der Waals surface area contributed by atoms with Crippen molar-refractivity contribution in [2.24, 2.45) is 0 Å². The second kappa shape index (κ2) is 16.7. The number of hydrogen-bond donors (Lipinski definition) is 2. The molecule has 2 aromatic rings. The largest absolute Gasteiger partial charge is 0.506 e. The Kier molecular flexibility index (Phi) is 16.5. The minimum atomic E-state index is -0.287. The summed E-state index contributed by atoms with van der Waals surface area (Å²) < 4.78 is 4.54. The third-order valence-electron chi connectivity index (χ3n) is 3.71. The van der Waals surface area contributed by atoms with Crippen LogP contribution in [-0.4, -0.2) is 18.2 Å². The highest BCUT2D eigenvalue weighted by Gasteiger charge is 2.12. The molecule has 1 aliphatic carbocycles. The Morgan fingerprint density at radius 3 is 1.86 bits per heavy atom. The van der Waals surface area contributed by atoms with E-state index in [-0.39, 0.29) is 11.7 Å². The number of nitrogens with two attached hydrogens (primary N) is 1. The molecular weight excluding hydrogens is 350 g/mol. The second-order valence-corrected chi connectivity index (χ2v) is 5.39. The van der Waals surface area contributed by atoms with E-state index >= 15 is 0 Å². The lowest BCUT2D eigenvalue weighted by Crippen LogP contribution is -2.00. The molecule has 28 heavy (non-hydrogen) atoms. The Bertz CT molecular complexity index is 635. The maximum absolute atomic E-state index is 10.9. The van der Waals surface area contributed by atoms with Gasteiger partial charge >= 0.3 is 5.97 Å². The maximum atomic E-state index is 10.9. The summed E-state index contributed by atoms with van der Waals surface area (Å²) in [7, 11) is 1.38. The van der Waals surface area contributed by atoms with Crippen molar-refractivity contribution in [3.63, 3.8) is 0 Å². The molecule has 3 N–H and O–H groups in total. The van der Waals surface area contributed by atoms with Crippen molar-refractivity contribution in [3.8, 4) is 5.75 Å². The molecule has 4 heteroatoms. The number of phenols is 1. The first kappa shape index (κ1) is 27.7. The Morgan fingerprint density at radius 1 is 0.929 bits per heavy atom. The summed E-state index contributed by atoms with van der Waals surface area (Å²) in [6.07, 6.45) is 3.39. The first-order valence-electron chi connectivity index (χ1n) is 10.3. The molecule has 0 amide bonds. The van der Waals surface area contributed by atoms with Crippen molar-refractivity contribution in [1.29, 1.82) is 0 Å². The highest BCUT2D eigenvalue weighted by atomic mass is 16.5. The Morgan fingerprint density at radius 2 is 1.39 bits per heavy atom. The van der Waals surface area contributed by atoms with Gasteiger partial charge < -0.3 is 15.6 Å². The minimum Gasteiger partial charge on any atom is -0.506 e. The predicted octanol–water partition coefficient (Wildman–Crippen LogP) is 6.32. The van der Waals surface area contributed by atoms with E-state index in [1.807, 2.05) is 66.7 Å². The lowest BCUT2D eigenvalue weighted by Gasteiger charge is -2.02. The van der Waals surface area contributed by atoms with Crippen molar-refractivity contribution in [2.75, 3.05) is 12.8 Å². The molecule has 0 saturated carbocycles.